The lowest BCUT2D eigenvalue weighted by molar-refractivity contribution is -0.124. The van der Waals surface area contributed by atoms with Crippen molar-refractivity contribution in [3.8, 4) is 5.69 Å². The number of halogens is 2. The van der Waals surface area contributed by atoms with Crippen LogP contribution >= 0.6 is 11.3 Å². The number of nitrogens with zero attached hydrogens (tertiary/aromatic N) is 2. The van der Waals surface area contributed by atoms with Crippen LogP contribution in [-0.2, 0) is 16.1 Å². The van der Waals surface area contributed by atoms with Gasteiger partial charge in [0, 0.05) is 17.5 Å². The summed E-state index contributed by atoms with van der Waals surface area (Å²) in [5.41, 5.74) is 1.71. The lowest BCUT2D eigenvalue weighted by Gasteiger charge is -2.07. The molecule has 2 heterocycles. The highest BCUT2D eigenvalue weighted by molar-refractivity contribution is 7.20. The van der Waals surface area contributed by atoms with Crippen molar-refractivity contribution in [2.45, 2.75) is 13.5 Å². The summed E-state index contributed by atoms with van der Waals surface area (Å²) in [6.07, 6.45) is 0. The van der Waals surface area contributed by atoms with Gasteiger partial charge in [-0.15, -0.1) is 11.3 Å². The normalized spacial score (nSPS) is 10.9. The summed E-state index contributed by atoms with van der Waals surface area (Å²) in [5, 5.41) is 7.73. The van der Waals surface area contributed by atoms with Crippen LogP contribution in [-0.4, -0.2) is 28.3 Å². The predicted octanol–water partition coefficient (Wildman–Crippen LogP) is 4.15. The highest BCUT2D eigenvalue weighted by atomic mass is 32.1. The van der Waals surface area contributed by atoms with E-state index < -0.39 is 24.3 Å². The van der Waals surface area contributed by atoms with Gasteiger partial charge < -0.3 is 10.1 Å². The van der Waals surface area contributed by atoms with Gasteiger partial charge in [-0.2, -0.15) is 5.10 Å². The van der Waals surface area contributed by atoms with Crippen LogP contribution in [0, 0.1) is 18.6 Å². The molecule has 4 rings (SSSR count). The van der Waals surface area contributed by atoms with E-state index in [1.54, 1.807) is 48.0 Å². The number of amides is 1. The number of aryl methyl sites for hydroxylation is 1. The molecule has 2 aromatic carbocycles. The number of carbonyl (C=O) groups excluding carboxylic acids is 2. The summed E-state index contributed by atoms with van der Waals surface area (Å²) in [7, 11) is 0. The molecule has 0 saturated heterocycles. The third kappa shape index (κ3) is 4.46. The van der Waals surface area contributed by atoms with Crippen molar-refractivity contribution in [3.05, 3.63) is 82.4 Å². The van der Waals surface area contributed by atoms with Crippen LogP contribution in [0.3, 0.4) is 0 Å². The quantitative estimate of drug-likeness (QED) is 0.457. The van der Waals surface area contributed by atoms with E-state index in [2.05, 4.69) is 10.4 Å². The largest absolute Gasteiger partial charge is 0.451 e. The molecular weight excluding hydrogens is 424 g/mol. The van der Waals surface area contributed by atoms with E-state index in [1.165, 1.54) is 29.5 Å². The Morgan fingerprint density at radius 1 is 1.13 bits per heavy atom. The minimum absolute atomic E-state index is 0.00135. The monoisotopic (exact) mass is 441 g/mol. The van der Waals surface area contributed by atoms with E-state index in [9.17, 15) is 18.4 Å². The molecule has 31 heavy (non-hydrogen) atoms. The maximum absolute atomic E-state index is 13.6. The number of thiophene rings is 1. The number of ether oxygens (including phenoxy) is 1. The second-order valence-electron chi connectivity index (χ2n) is 6.75. The first-order valence-corrected chi connectivity index (χ1v) is 10.2. The molecule has 1 amide bonds. The maximum atomic E-state index is 13.6. The Kier molecular flexibility index (Phi) is 5.77. The first-order valence-electron chi connectivity index (χ1n) is 9.34. The smallest absolute Gasteiger partial charge is 0.348 e. The third-order valence-corrected chi connectivity index (χ3v) is 5.68. The molecule has 0 saturated carbocycles. The SMILES string of the molecule is Cc1nn(-c2ccc(F)cc2)c2sc(C(=O)OCC(=O)NCc3ccccc3F)cc12. The van der Waals surface area contributed by atoms with E-state index >= 15 is 0 Å². The standard InChI is InChI=1S/C22H17F2N3O3S/c1-13-17-10-19(31-21(17)27(26-13)16-8-6-15(23)7-9-16)22(29)30-12-20(28)25-11-14-4-2-3-5-18(14)24/h2-10H,11-12H2,1H3,(H,25,28). The second-order valence-corrected chi connectivity index (χ2v) is 7.78. The molecule has 6 nitrogen and oxygen atoms in total. The minimum Gasteiger partial charge on any atom is -0.451 e. The highest BCUT2D eigenvalue weighted by Gasteiger charge is 2.19. The summed E-state index contributed by atoms with van der Waals surface area (Å²) in [4.78, 5) is 25.4. The summed E-state index contributed by atoms with van der Waals surface area (Å²) in [5.74, 6) is -1.96. The van der Waals surface area contributed by atoms with Crippen molar-refractivity contribution in [1.82, 2.24) is 15.1 Å². The molecule has 4 aromatic rings. The van der Waals surface area contributed by atoms with Crippen molar-refractivity contribution in [1.29, 1.82) is 0 Å². The number of carbonyl (C=O) groups is 2. The van der Waals surface area contributed by atoms with E-state index in [1.807, 2.05) is 0 Å². The number of hydrogen-bond donors (Lipinski definition) is 1. The van der Waals surface area contributed by atoms with Gasteiger partial charge in [0.15, 0.2) is 6.61 Å². The average molecular weight is 441 g/mol. The Bertz CT molecular complexity index is 1260. The Labute approximate surface area is 180 Å². The Balaban J connectivity index is 1.42. The molecule has 9 heteroatoms. The molecule has 0 spiro atoms. The zero-order chi connectivity index (χ0) is 22.0. The van der Waals surface area contributed by atoms with Crippen molar-refractivity contribution in [2.75, 3.05) is 6.61 Å². The summed E-state index contributed by atoms with van der Waals surface area (Å²) in [6.45, 7) is 1.32. The van der Waals surface area contributed by atoms with E-state index in [-0.39, 0.29) is 12.4 Å². The topological polar surface area (TPSA) is 73.2 Å². The molecule has 158 valence electrons. The summed E-state index contributed by atoms with van der Waals surface area (Å²) < 4.78 is 33.5. The lowest BCUT2D eigenvalue weighted by atomic mass is 10.2. The lowest BCUT2D eigenvalue weighted by Crippen LogP contribution is -2.28. The number of aromatic nitrogens is 2. The summed E-state index contributed by atoms with van der Waals surface area (Å²) >= 11 is 1.17. The van der Waals surface area contributed by atoms with Gasteiger partial charge in [0.2, 0.25) is 0 Å². The van der Waals surface area contributed by atoms with Gasteiger partial charge in [-0.05, 0) is 43.3 Å². The third-order valence-electron chi connectivity index (χ3n) is 4.59. The van der Waals surface area contributed by atoms with Gasteiger partial charge in [0.25, 0.3) is 5.91 Å². The van der Waals surface area contributed by atoms with Crippen LogP contribution in [0.25, 0.3) is 15.9 Å². The van der Waals surface area contributed by atoms with Gasteiger partial charge in [-0.25, -0.2) is 18.3 Å². The van der Waals surface area contributed by atoms with Gasteiger partial charge >= 0.3 is 5.97 Å². The Morgan fingerprint density at radius 2 is 1.87 bits per heavy atom. The van der Waals surface area contributed by atoms with Crippen LogP contribution in [0.2, 0.25) is 0 Å². The van der Waals surface area contributed by atoms with Crippen LogP contribution in [0.5, 0.6) is 0 Å². The average Bonchev–Trinajstić information content (AvgIpc) is 3.33. The highest BCUT2D eigenvalue weighted by Crippen LogP contribution is 2.30. The van der Waals surface area contributed by atoms with Crippen LogP contribution in [0.4, 0.5) is 8.78 Å². The molecule has 2 aromatic heterocycles. The first-order chi connectivity index (χ1) is 14.9. The molecule has 0 unspecified atom stereocenters. The van der Waals surface area contributed by atoms with E-state index in [0.717, 1.165) is 5.39 Å². The summed E-state index contributed by atoms with van der Waals surface area (Å²) in [6, 6.07) is 13.6. The second kappa shape index (κ2) is 8.65. The van der Waals surface area contributed by atoms with Gasteiger partial charge in [0.1, 0.15) is 21.3 Å². The molecule has 0 aliphatic carbocycles. The number of nitrogens with one attached hydrogen (secondary N) is 1. The fourth-order valence-electron chi connectivity index (χ4n) is 2.99. The molecule has 0 aliphatic rings. The fraction of sp³-hybridized carbons (Fsp3) is 0.136. The van der Waals surface area contributed by atoms with Gasteiger partial charge in [-0.3, -0.25) is 4.79 Å². The zero-order valence-corrected chi connectivity index (χ0v) is 17.2. The molecule has 0 bridgehead atoms. The number of hydrogen-bond acceptors (Lipinski definition) is 5. The van der Waals surface area contributed by atoms with Crippen LogP contribution in [0.15, 0.2) is 54.6 Å². The van der Waals surface area contributed by atoms with E-state index in [0.29, 0.717) is 26.7 Å². The predicted molar refractivity (Wildman–Crippen MR) is 112 cm³/mol. The first kappa shape index (κ1) is 20.7. The van der Waals surface area contributed by atoms with Gasteiger partial charge in [0.05, 0.1) is 11.4 Å². The molecule has 1 N–H and O–H groups in total. The molecule has 0 radical (unpaired) electrons. The molecule has 0 aliphatic heterocycles. The zero-order valence-electron chi connectivity index (χ0n) is 16.4. The Morgan fingerprint density at radius 3 is 2.61 bits per heavy atom. The number of benzene rings is 2. The van der Waals surface area contributed by atoms with Crippen molar-refractivity contribution >= 4 is 33.4 Å². The molecule has 0 atom stereocenters. The number of esters is 1. The van der Waals surface area contributed by atoms with Crippen molar-refractivity contribution in [3.63, 3.8) is 0 Å². The van der Waals surface area contributed by atoms with Gasteiger partial charge in [-0.1, -0.05) is 18.2 Å². The van der Waals surface area contributed by atoms with E-state index in [4.69, 9.17) is 4.74 Å². The van der Waals surface area contributed by atoms with Crippen molar-refractivity contribution < 1.29 is 23.1 Å². The maximum Gasteiger partial charge on any atom is 0.348 e. The molecule has 0 fully saturated rings. The molecular formula is C22H17F2N3O3S. The van der Waals surface area contributed by atoms with Crippen molar-refractivity contribution in [2.24, 2.45) is 0 Å². The van der Waals surface area contributed by atoms with Crippen LogP contribution in [0.1, 0.15) is 20.9 Å². The number of rotatable bonds is 6. The fourth-order valence-corrected chi connectivity index (χ4v) is 4.07. The minimum atomic E-state index is -0.646. The Hall–Kier alpha value is -3.59. The number of fused-ring (bicyclic) bond motifs is 1. The van der Waals surface area contributed by atoms with Crippen LogP contribution < -0.4 is 5.32 Å².